The van der Waals surface area contributed by atoms with Gasteiger partial charge < -0.3 is 9.52 Å². The van der Waals surface area contributed by atoms with E-state index in [-0.39, 0.29) is 23.8 Å². The molecule has 3 rings (SSSR count). The maximum atomic E-state index is 12.2. The highest BCUT2D eigenvalue weighted by molar-refractivity contribution is 7.89. The number of nitrogens with one attached hydrogen (secondary N) is 1. The first kappa shape index (κ1) is 16.2. The maximum Gasteiger partial charge on any atom is 0.354 e. The average Bonchev–Trinajstić information content (AvgIpc) is 3.00. The zero-order valence-corrected chi connectivity index (χ0v) is 13.3. The van der Waals surface area contributed by atoms with Crippen LogP contribution in [0.15, 0.2) is 58.0 Å². The van der Waals surface area contributed by atoms with Crippen molar-refractivity contribution in [3.8, 4) is 0 Å². The summed E-state index contributed by atoms with van der Waals surface area (Å²) in [7, 11) is -3.78. The molecule has 0 atom stereocenters. The van der Waals surface area contributed by atoms with Gasteiger partial charge in [0.25, 0.3) is 10.0 Å². The van der Waals surface area contributed by atoms with Crippen LogP contribution in [0, 0.1) is 0 Å². The summed E-state index contributed by atoms with van der Waals surface area (Å²) in [5.74, 6) is -1.13. The Morgan fingerprint density at radius 1 is 1.17 bits per heavy atom. The Bertz CT molecular complexity index is 961. The number of carboxylic acids is 1. The molecular weight excluding hydrogens is 332 g/mol. The SMILES string of the molecule is O=C(O)c1cccc(CCNS(=O)(=O)c2cc3ccccc3o2)n1. The summed E-state index contributed by atoms with van der Waals surface area (Å²) in [6.45, 7) is 0.0788. The summed E-state index contributed by atoms with van der Waals surface area (Å²) in [6, 6.07) is 13.1. The van der Waals surface area contributed by atoms with Gasteiger partial charge in [-0.1, -0.05) is 24.3 Å². The Balaban J connectivity index is 1.69. The minimum Gasteiger partial charge on any atom is -0.477 e. The second kappa shape index (κ2) is 6.42. The van der Waals surface area contributed by atoms with Crippen LogP contribution in [0.3, 0.4) is 0 Å². The Kier molecular flexibility index (Phi) is 4.32. The van der Waals surface area contributed by atoms with E-state index >= 15 is 0 Å². The second-order valence-electron chi connectivity index (χ2n) is 5.07. The molecular formula is C16H14N2O5S. The highest BCUT2D eigenvalue weighted by atomic mass is 32.2. The van der Waals surface area contributed by atoms with Crippen LogP contribution < -0.4 is 4.72 Å². The minimum atomic E-state index is -3.78. The van der Waals surface area contributed by atoms with Crippen LogP contribution in [0.1, 0.15) is 16.2 Å². The zero-order chi connectivity index (χ0) is 17.2. The number of sulfonamides is 1. The van der Waals surface area contributed by atoms with Crippen molar-refractivity contribution in [3.05, 3.63) is 59.9 Å². The van der Waals surface area contributed by atoms with Crippen LogP contribution in [-0.2, 0) is 16.4 Å². The van der Waals surface area contributed by atoms with Gasteiger partial charge in [-0.2, -0.15) is 0 Å². The monoisotopic (exact) mass is 346 g/mol. The van der Waals surface area contributed by atoms with E-state index in [0.717, 1.165) is 0 Å². The number of pyridine rings is 1. The van der Waals surface area contributed by atoms with E-state index < -0.39 is 16.0 Å². The van der Waals surface area contributed by atoms with Crippen molar-refractivity contribution in [2.24, 2.45) is 0 Å². The summed E-state index contributed by atoms with van der Waals surface area (Å²) in [6.07, 6.45) is 0.264. The van der Waals surface area contributed by atoms with Gasteiger partial charge in [0.2, 0.25) is 5.09 Å². The van der Waals surface area contributed by atoms with Crippen molar-refractivity contribution in [1.82, 2.24) is 9.71 Å². The van der Waals surface area contributed by atoms with Gasteiger partial charge >= 0.3 is 5.97 Å². The molecule has 1 aromatic carbocycles. The van der Waals surface area contributed by atoms with Gasteiger partial charge in [-0.15, -0.1) is 0 Å². The predicted molar refractivity (Wildman–Crippen MR) is 86.3 cm³/mol. The summed E-state index contributed by atoms with van der Waals surface area (Å²) in [5, 5.41) is 9.44. The molecule has 8 heteroatoms. The molecule has 2 aromatic heterocycles. The number of carboxylic acid groups (broad SMARTS) is 1. The molecule has 2 heterocycles. The van der Waals surface area contributed by atoms with E-state index in [9.17, 15) is 13.2 Å². The standard InChI is InChI=1S/C16H14N2O5S/c19-16(20)13-6-3-5-12(18-13)8-9-17-24(21,22)15-10-11-4-1-2-7-14(11)23-15/h1-7,10,17H,8-9H2,(H,19,20). The summed E-state index contributed by atoms with van der Waals surface area (Å²) in [5.41, 5.74) is 0.906. The van der Waals surface area contributed by atoms with Gasteiger partial charge in [-0.3, -0.25) is 0 Å². The number of furan rings is 1. The molecule has 0 spiro atoms. The topological polar surface area (TPSA) is 110 Å². The third-order valence-electron chi connectivity index (χ3n) is 3.37. The van der Waals surface area contributed by atoms with E-state index in [1.807, 2.05) is 0 Å². The number of fused-ring (bicyclic) bond motifs is 1. The molecule has 3 aromatic rings. The van der Waals surface area contributed by atoms with E-state index in [1.54, 1.807) is 36.4 Å². The third kappa shape index (κ3) is 3.44. The molecule has 2 N–H and O–H groups in total. The average molecular weight is 346 g/mol. The van der Waals surface area contributed by atoms with Gasteiger partial charge in [0.05, 0.1) is 0 Å². The predicted octanol–water partition coefficient (Wildman–Crippen LogP) is 2.05. The van der Waals surface area contributed by atoms with Crippen molar-refractivity contribution in [2.75, 3.05) is 6.54 Å². The van der Waals surface area contributed by atoms with Crippen molar-refractivity contribution >= 4 is 27.0 Å². The third-order valence-corrected chi connectivity index (χ3v) is 4.68. The van der Waals surface area contributed by atoms with Crippen molar-refractivity contribution < 1.29 is 22.7 Å². The van der Waals surface area contributed by atoms with Gasteiger partial charge in [0.15, 0.2) is 0 Å². The Labute approximate surface area is 138 Å². The fourth-order valence-corrected chi connectivity index (χ4v) is 3.21. The lowest BCUT2D eigenvalue weighted by Crippen LogP contribution is -2.26. The number of aromatic carboxylic acids is 1. The van der Waals surface area contributed by atoms with Gasteiger partial charge in [0, 0.05) is 30.1 Å². The van der Waals surface area contributed by atoms with Gasteiger partial charge in [-0.05, 0) is 18.2 Å². The number of hydrogen-bond donors (Lipinski definition) is 2. The highest BCUT2D eigenvalue weighted by Crippen LogP contribution is 2.22. The first-order chi connectivity index (χ1) is 11.5. The Morgan fingerprint density at radius 2 is 1.96 bits per heavy atom. The number of nitrogens with zero attached hydrogens (tertiary/aromatic N) is 1. The van der Waals surface area contributed by atoms with Crippen molar-refractivity contribution in [1.29, 1.82) is 0 Å². The summed E-state index contributed by atoms with van der Waals surface area (Å²) < 4.78 is 32.3. The normalized spacial score (nSPS) is 11.7. The van der Waals surface area contributed by atoms with Crippen LogP contribution in [0.5, 0.6) is 0 Å². The minimum absolute atomic E-state index is 0.0763. The van der Waals surface area contributed by atoms with Crippen LogP contribution in [0.25, 0.3) is 11.0 Å². The zero-order valence-electron chi connectivity index (χ0n) is 12.5. The second-order valence-corrected chi connectivity index (χ2v) is 6.77. The Morgan fingerprint density at radius 3 is 2.71 bits per heavy atom. The molecule has 0 unspecified atom stereocenters. The van der Waals surface area contributed by atoms with Crippen LogP contribution in [-0.4, -0.2) is 31.0 Å². The van der Waals surface area contributed by atoms with E-state index in [1.165, 1.54) is 12.1 Å². The van der Waals surface area contributed by atoms with Gasteiger partial charge in [0.1, 0.15) is 11.3 Å². The number of carbonyl (C=O) groups is 1. The van der Waals surface area contributed by atoms with E-state index in [2.05, 4.69) is 9.71 Å². The lowest BCUT2D eigenvalue weighted by Gasteiger charge is -2.04. The van der Waals surface area contributed by atoms with E-state index in [4.69, 9.17) is 9.52 Å². The molecule has 0 amide bonds. The largest absolute Gasteiger partial charge is 0.477 e. The molecule has 124 valence electrons. The van der Waals surface area contributed by atoms with Crippen molar-refractivity contribution in [3.63, 3.8) is 0 Å². The molecule has 24 heavy (non-hydrogen) atoms. The maximum absolute atomic E-state index is 12.2. The fraction of sp³-hybridized carbons (Fsp3) is 0.125. The highest BCUT2D eigenvalue weighted by Gasteiger charge is 2.19. The lowest BCUT2D eigenvalue weighted by atomic mass is 10.2. The number of aromatic nitrogens is 1. The molecule has 0 aliphatic heterocycles. The van der Waals surface area contributed by atoms with Gasteiger partial charge in [-0.25, -0.2) is 22.9 Å². The van der Waals surface area contributed by atoms with Crippen molar-refractivity contribution in [2.45, 2.75) is 11.5 Å². The van der Waals surface area contributed by atoms with Crippen LogP contribution in [0.4, 0.5) is 0 Å². The number of hydrogen-bond acceptors (Lipinski definition) is 5. The molecule has 0 bridgehead atoms. The first-order valence-electron chi connectivity index (χ1n) is 7.13. The molecule has 0 aliphatic rings. The lowest BCUT2D eigenvalue weighted by molar-refractivity contribution is 0.0690. The molecule has 0 radical (unpaired) electrons. The quantitative estimate of drug-likeness (QED) is 0.707. The molecule has 7 nitrogen and oxygen atoms in total. The molecule has 0 saturated carbocycles. The number of rotatable bonds is 6. The van der Waals surface area contributed by atoms with E-state index in [0.29, 0.717) is 16.7 Å². The summed E-state index contributed by atoms with van der Waals surface area (Å²) >= 11 is 0. The number of para-hydroxylation sites is 1. The Hall–Kier alpha value is -2.71. The summed E-state index contributed by atoms with van der Waals surface area (Å²) in [4.78, 5) is 14.8. The number of benzene rings is 1. The first-order valence-corrected chi connectivity index (χ1v) is 8.61. The smallest absolute Gasteiger partial charge is 0.354 e. The molecule has 0 fully saturated rings. The van der Waals surface area contributed by atoms with Crippen LogP contribution in [0.2, 0.25) is 0 Å². The molecule has 0 saturated heterocycles. The fourth-order valence-electron chi connectivity index (χ4n) is 2.21. The van der Waals surface area contributed by atoms with Crippen LogP contribution >= 0.6 is 0 Å². The molecule has 0 aliphatic carbocycles.